The van der Waals surface area contributed by atoms with E-state index in [0.29, 0.717) is 5.91 Å². The van der Waals surface area contributed by atoms with E-state index < -0.39 is 0 Å². The standard InChI is InChI=1S/C15H20FN3O/c16-13-5-6-14(17-11-13)18-7-2-8-19(10-9-18)15(20)12-3-1-4-12/h5-6,11-12H,1-4,7-10H2. The molecule has 2 fully saturated rings. The van der Waals surface area contributed by atoms with Gasteiger partial charge in [0.25, 0.3) is 0 Å². The summed E-state index contributed by atoms with van der Waals surface area (Å²) in [5, 5.41) is 0. The summed E-state index contributed by atoms with van der Waals surface area (Å²) in [6.45, 7) is 3.21. The summed E-state index contributed by atoms with van der Waals surface area (Å²) in [6.07, 6.45) is 5.49. The minimum Gasteiger partial charge on any atom is -0.355 e. The highest BCUT2D eigenvalue weighted by Gasteiger charge is 2.30. The molecule has 1 aromatic rings. The van der Waals surface area contributed by atoms with Crippen molar-refractivity contribution in [1.29, 1.82) is 0 Å². The fourth-order valence-electron chi connectivity index (χ4n) is 2.84. The molecule has 1 amide bonds. The molecule has 0 atom stereocenters. The maximum atomic E-state index is 12.9. The van der Waals surface area contributed by atoms with Crippen molar-refractivity contribution in [2.24, 2.45) is 5.92 Å². The van der Waals surface area contributed by atoms with Gasteiger partial charge in [0.05, 0.1) is 6.20 Å². The number of halogens is 1. The summed E-state index contributed by atoms with van der Waals surface area (Å²) in [5.41, 5.74) is 0. The Balaban J connectivity index is 1.61. The van der Waals surface area contributed by atoms with Crippen LogP contribution in [0.25, 0.3) is 0 Å². The Kier molecular flexibility index (Phi) is 3.85. The largest absolute Gasteiger partial charge is 0.355 e. The second kappa shape index (κ2) is 5.77. The van der Waals surface area contributed by atoms with Crippen molar-refractivity contribution >= 4 is 11.7 Å². The molecule has 0 radical (unpaired) electrons. The topological polar surface area (TPSA) is 36.4 Å². The second-order valence-corrected chi connectivity index (χ2v) is 5.63. The molecule has 4 nitrogen and oxygen atoms in total. The van der Waals surface area contributed by atoms with Crippen LogP contribution in [-0.2, 0) is 4.79 Å². The van der Waals surface area contributed by atoms with E-state index in [1.165, 1.54) is 18.7 Å². The highest BCUT2D eigenvalue weighted by molar-refractivity contribution is 5.79. The van der Waals surface area contributed by atoms with Crippen LogP contribution in [0.15, 0.2) is 18.3 Å². The molecule has 0 spiro atoms. The van der Waals surface area contributed by atoms with Gasteiger partial charge in [0, 0.05) is 32.1 Å². The molecule has 1 saturated heterocycles. The number of pyridine rings is 1. The van der Waals surface area contributed by atoms with Crippen molar-refractivity contribution in [1.82, 2.24) is 9.88 Å². The highest BCUT2D eigenvalue weighted by atomic mass is 19.1. The van der Waals surface area contributed by atoms with Crippen molar-refractivity contribution < 1.29 is 9.18 Å². The summed E-state index contributed by atoms with van der Waals surface area (Å²) < 4.78 is 12.9. The maximum absolute atomic E-state index is 12.9. The molecule has 108 valence electrons. The maximum Gasteiger partial charge on any atom is 0.225 e. The van der Waals surface area contributed by atoms with Crippen LogP contribution in [-0.4, -0.2) is 42.0 Å². The first-order valence-corrected chi connectivity index (χ1v) is 7.39. The van der Waals surface area contributed by atoms with E-state index in [0.717, 1.165) is 51.3 Å². The Labute approximate surface area is 118 Å². The second-order valence-electron chi connectivity index (χ2n) is 5.63. The third-order valence-corrected chi connectivity index (χ3v) is 4.30. The number of aromatic nitrogens is 1. The number of hydrogen-bond acceptors (Lipinski definition) is 3. The highest BCUT2D eigenvalue weighted by Crippen LogP contribution is 2.28. The van der Waals surface area contributed by atoms with Crippen LogP contribution in [0.3, 0.4) is 0 Å². The van der Waals surface area contributed by atoms with Gasteiger partial charge in [-0.05, 0) is 31.4 Å². The quantitative estimate of drug-likeness (QED) is 0.830. The molecule has 1 aromatic heterocycles. The van der Waals surface area contributed by atoms with Crippen LogP contribution >= 0.6 is 0 Å². The summed E-state index contributed by atoms with van der Waals surface area (Å²) >= 11 is 0. The van der Waals surface area contributed by atoms with Gasteiger partial charge in [-0.25, -0.2) is 9.37 Å². The van der Waals surface area contributed by atoms with Gasteiger partial charge < -0.3 is 9.80 Å². The van der Waals surface area contributed by atoms with E-state index >= 15 is 0 Å². The van der Waals surface area contributed by atoms with Crippen LogP contribution in [0.5, 0.6) is 0 Å². The Morgan fingerprint density at radius 1 is 1.15 bits per heavy atom. The zero-order valence-corrected chi connectivity index (χ0v) is 11.6. The fraction of sp³-hybridized carbons (Fsp3) is 0.600. The summed E-state index contributed by atoms with van der Waals surface area (Å²) in [5.74, 6) is 1.07. The smallest absolute Gasteiger partial charge is 0.225 e. The molecule has 2 heterocycles. The van der Waals surface area contributed by atoms with Gasteiger partial charge >= 0.3 is 0 Å². The predicted octanol–water partition coefficient (Wildman–Crippen LogP) is 2.06. The first-order valence-electron chi connectivity index (χ1n) is 7.39. The third kappa shape index (κ3) is 2.76. The summed E-state index contributed by atoms with van der Waals surface area (Å²) in [6, 6.07) is 3.14. The number of carbonyl (C=O) groups excluding carboxylic acids is 1. The van der Waals surface area contributed by atoms with E-state index in [9.17, 15) is 9.18 Å². The van der Waals surface area contributed by atoms with Gasteiger partial charge in [-0.1, -0.05) is 6.42 Å². The van der Waals surface area contributed by atoms with E-state index in [4.69, 9.17) is 0 Å². The van der Waals surface area contributed by atoms with Crippen LogP contribution in [0, 0.1) is 11.7 Å². The lowest BCUT2D eigenvalue weighted by atomic mass is 9.84. The van der Waals surface area contributed by atoms with Crippen LogP contribution < -0.4 is 4.90 Å². The summed E-state index contributed by atoms with van der Waals surface area (Å²) in [7, 11) is 0. The van der Waals surface area contributed by atoms with Crippen molar-refractivity contribution in [2.45, 2.75) is 25.7 Å². The minimum absolute atomic E-state index is 0.269. The van der Waals surface area contributed by atoms with Gasteiger partial charge in [-0.15, -0.1) is 0 Å². The van der Waals surface area contributed by atoms with Gasteiger partial charge in [0.2, 0.25) is 5.91 Å². The molecule has 0 unspecified atom stereocenters. The number of rotatable bonds is 2. The first kappa shape index (κ1) is 13.3. The lowest BCUT2D eigenvalue weighted by molar-refractivity contribution is -0.137. The Morgan fingerprint density at radius 3 is 2.65 bits per heavy atom. The number of carbonyl (C=O) groups is 1. The van der Waals surface area contributed by atoms with E-state index in [1.807, 2.05) is 4.90 Å². The van der Waals surface area contributed by atoms with Crippen LogP contribution in [0.2, 0.25) is 0 Å². The lowest BCUT2D eigenvalue weighted by Crippen LogP contribution is -2.41. The molecule has 0 N–H and O–H groups in total. The van der Waals surface area contributed by atoms with Crippen LogP contribution in [0.1, 0.15) is 25.7 Å². The van der Waals surface area contributed by atoms with Crippen molar-refractivity contribution in [2.75, 3.05) is 31.1 Å². The Morgan fingerprint density at radius 2 is 2.00 bits per heavy atom. The lowest BCUT2D eigenvalue weighted by Gasteiger charge is -2.31. The van der Waals surface area contributed by atoms with E-state index in [1.54, 1.807) is 6.07 Å². The van der Waals surface area contributed by atoms with E-state index in [2.05, 4.69) is 9.88 Å². The number of hydrogen-bond donors (Lipinski definition) is 0. The molecule has 2 aliphatic rings. The van der Waals surface area contributed by atoms with Gasteiger partial charge in [-0.2, -0.15) is 0 Å². The summed E-state index contributed by atoms with van der Waals surface area (Å²) in [4.78, 5) is 20.5. The minimum atomic E-state index is -0.314. The number of nitrogens with zero attached hydrogens (tertiary/aromatic N) is 3. The molecule has 1 aliphatic carbocycles. The fourth-order valence-corrected chi connectivity index (χ4v) is 2.84. The SMILES string of the molecule is O=C(C1CCC1)N1CCCN(c2ccc(F)cn2)CC1. The molecule has 20 heavy (non-hydrogen) atoms. The normalized spacial score (nSPS) is 20.4. The predicted molar refractivity (Wildman–Crippen MR) is 74.9 cm³/mol. The molecule has 1 aliphatic heterocycles. The zero-order chi connectivity index (χ0) is 13.9. The molecule has 0 aromatic carbocycles. The van der Waals surface area contributed by atoms with Crippen molar-refractivity contribution in [3.63, 3.8) is 0 Å². The average molecular weight is 277 g/mol. The molecule has 1 saturated carbocycles. The van der Waals surface area contributed by atoms with Crippen LogP contribution in [0.4, 0.5) is 10.2 Å². The van der Waals surface area contributed by atoms with Crippen molar-refractivity contribution in [3.05, 3.63) is 24.1 Å². The van der Waals surface area contributed by atoms with Gasteiger partial charge in [0.1, 0.15) is 11.6 Å². The van der Waals surface area contributed by atoms with Gasteiger partial charge in [0.15, 0.2) is 0 Å². The molecule has 5 heteroatoms. The average Bonchev–Trinajstić information content (AvgIpc) is 2.63. The molecule has 0 bridgehead atoms. The molecular formula is C15H20FN3O. The third-order valence-electron chi connectivity index (χ3n) is 4.30. The molecule has 3 rings (SSSR count). The number of amides is 1. The van der Waals surface area contributed by atoms with Gasteiger partial charge in [-0.3, -0.25) is 4.79 Å². The Hall–Kier alpha value is -1.65. The zero-order valence-electron chi connectivity index (χ0n) is 11.6. The monoisotopic (exact) mass is 277 g/mol. The van der Waals surface area contributed by atoms with E-state index in [-0.39, 0.29) is 11.7 Å². The first-order chi connectivity index (χ1) is 9.74. The van der Waals surface area contributed by atoms with Crippen molar-refractivity contribution in [3.8, 4) is 0 Å². The Bertz CT molecular complexity index is 473. The number of anilines is 1. The molecular weight excluding hydrogens is 257 g/mol.